The second-order valence-electron chi connectivity index (χ2n) is 7.72. The van der Waals surface area contributed by atoms with Crippen LogP contribution in [0.3, 0.4) is 0 Å². The van der Waals surface area contributed by atoms with Crippen LogP contribution in [0.15, 0.2) is 18.2 Å². The maximum atomic E-state index is 13.0. The fourth-order valence-corrected chi connectivity index (χ4v) is 4.12. The highest BCUT2D eigenvalue weighted by molar-refractivity contribution is 5.96. The number of benzene rings is 1. The molecule has 0 spiro atoms. The second-order valence-corrected chi connectivity index (χ2v) is 7.72. The summed E-state index contributed by atoms with van der Waals surface area (Å²) in [4.78, 5) is 26.0. The zero-order valence-electron chi connectivity index (χ0n) is 20.5. The molecule has 1 aliphatic rings. The van der Waals surface area contributed by atoms with Crippen LogP contribution in [-0.4, -0.2) is 57.9 Å². The Morgan fingerprint density at radius 1 is 0.879 bits per heavy atom. The van der Waals surface area contributed by atoms with E-state index in [-0.39, 0.29) is 19.3 Å². The Bertz CT molecular complexity index is 720. The molecule has 0 N–H and O–H groups in total. The van der Waals surface area contributed by atoms with Crippen LogP contribution in [-0.2, 0) is 28.5 Å². The van der Waals surface area contributed by atoms with E-state index in [0.717, 1.165) is 25.7 Å². The fourth-order valence-electron chi connectivity index (χ4n) is 4.12. The summed E-state index contributed by atoms with van der Waals surface area (Å²) in [5, 5.41) is 0. The lowest BCUT2D eigenvalue weighted by Gasteiger charge is -2.31. The van der Waals surface area contributed by atoms with E-state index in [1.807, 2.05) is 13.8 Å². The van der Waals surface area contributed by atoms with Crippen molar-refractivity contribution in [1.82, 2.24) is 0 Å². The third-order valence-corrected chi connectivity index (χ3v) is 5.56. The predicted octanol–water partition coefficient (Wildman–Crippen LogP) is 4.24. The average molecular weight is 467 g/mol. The lowest BCUT2D eigenvalue weighted by Crippen LogP contribution is -2.41. The van der Waals surface area contributed by atoms with Gasteiger partial charge in [0.2, 0.25) is 0 Å². The summed E-state index contributed by atoms with van der Waals surface area (Å²) >= 11 is 0. The van der Waals surface area contributed by atoms with Crippen molar-refractivity contribution < 1.29 is 38.0 Å². The monoisotopic (exact) mass is 466 g/mol. The standard InChI is InChI=1S/C25H38O8/c1-6-29-23(26)22(24(27)30-7-2)21(25(31-8-3)32-9-4)17-14-15-19(28-5)20(16-17)33-18-12-10-11-13-18/h14-16,18,21-22,25H,6-13H2,1-5H3. The zero-order valence-corrected chi connectivity index (χ0v) is 20.5. The fraction of sp³-hybridized carbons (Fsp3) is 0.680. The summed E-state index contributed by atoms with van der Waals surface area (Å²) in [5.74, 6) is -2.29. The number of hydrogen-bond donors (Lipinski definition) is 0. The van der Waals surface area contributed by atoms with Crippen LogP contribution >= 0.6 is 0 Å². The highest BCUT2D eigenvalue weighted by Gasteiger charge is 2.44. The van der Waals surface area contributed by atoms with Crippen LogP contribution in [0.5, 0.6) is 11.5 Å². The van der Waals surface area contributed by atoms with E-state index in [9.17, 15) is 9.59 Å². The molecule has 8 nitrogen and oxygen atoms in total. The van der Waals surface area contributed by atoms with Gasteiger partial charge < -0.3 is 28.4 Å². The van der Waals surface area contributed by atoms with Crippen molar-refractivity contribution in [2.45, 2.75) is 71.7 Å². The number of methoxy groups -OCH3 is 1. The third kappa shape index (κ3) is 7.33. The lowest BCUT2D eigenvalue weighted by atomic mass is 9.84. The van der Waals surface area contributed by atoms with Crippen molar-refractivity contribution in [3.8, 4) is 11.5 Å². The minimum atomic E-state index is -1.26. The van der Waals surface area contributed by atoms with Gasteiger partial charge in [0, 0.05) is 13.2 Å². The molecule has 1 atom stereocenters. The molecule has 1 aromatic carbocycles. The van der Waals surface area contributed by atoms with Crippen LogP contribution in [0.1, 0.15) is 64.9 Å². The van der Waals surface area contributed by atoms with Crippen LogP contribution < -0.4 is 9.47 Å². The number of ether oxygens (including phenoxy) is 6. The van der Waals surface area contributed by atoms with Crippen molar-refractivity contribution in [2.75, 3.05) is 33.5 Å². The van der Waals surface area contributed by atoms with Gasteiger partial charge in [-0.15, -0.1) is 0 Å². The summed E-state index contributed by atoms with van der Waals surface area (Å²) in [6.07, 6.45) is 3.44. The number of esters is 2. The Labute approximate surface area is 196 Å². The van der Waals surface area contributed by atoms with E-state index >= 15 is 0 Å². The first kappa shape index (κ1) is 26.9. The van der Waals surface area contributed by atoms with Gasteiger partial charge in [0.15, 0.2) is 23.7 Å². The van der Waals surface area contributed by atoms with Gasteiger partial charge in [-0.3, -0.25) is 9.59 Å². The first-order valence-corrected chi connectivity index (χ1v) is 11.9. The van der Waals surface area contributed by atoms with Crippen molar-refractivity contribution in [3.05, 3.63) is 23.8 Å². The van der Waals surface area contributed by atoms with Crippen molar-refractivity contribution in [2.24, 2.45) is 5.92 Å². The topological polar surface area (TPSA) is 89.5 Å². The van der Waals surface area contributed by atoms with Gasteiger partial charge in [0.1, 0.15) is 0 Å². The molecule has 0 bridgehead atoms. The van der Waals surface area contributed by atoms with E-state index in [0.29, 0.717) is 30.3 Å². The number of carbonyl (C=O) groups is 2. The minimum Gasteiger partial charge on any atom is -0.493 e. The molecule has 1 unspecified atom stereocenters. The Hall–Kier alpha value is -2.32. The molecule has 1 fully saturated rings. The molecule has 0 saturated heterocycles. The molecule has 1 aliphatic carbocycles. The quantitative estimate of drug-likeness (QED) is 0.228. The number of hydrogen-bond acceptors (Lipinski definition) is 8. The summed E-state index contributed by atoms with van der Waals surface area (Å²) in [6.45, 7) is 7.98. The van der Waals surface area contributed by atoms with Gasteiger partial charge in [-0.1, -0.05) is 6.07 Å². The summed E-state index contributed by atoms with van der Waals surface area (Å²) in [6, 6.07) is 5.37. The maximum Gasteiger partial charge on any atom is 0.321 e. The molecule has 2 rings (SSSR count). The SMILES string of the molecule is CCOC(=O)C(C(=O)OCC)C(c1ccc(OC)c(OC2CCCC2)c1)C(OCC)OCC. The van der Waals surface area contributed by atoms with Gasteiger partial charge in [0.05, 0.1) is 32.3 Å². The van der Waals surface area contributed by atoms with E-state index in [1.165, 1.54) is 0 Å². The average Bonchev–Trinajstić information content (AvgIpc) is 3.30. The molecule has 0 aromatic heterocycles. The third-order valence-electron chi connectivity index (χ3n) is 5.56. The van der Waals surface area contributed by atoms with Gasteiger partial charge in [-0.25, -0.2) is 0 Å². The lowest BCUT2D eigenvalue weighted by molar-refractivity contribution is -0.183. The Balaban J connectivity index is 2.56. The van der Waals surface area contributed by atoms with Crippen molar-refractivity contribution in [3.63, 3.8) is 0 Å². The smallest absolute Gasteiger partial charge is 0.321 e. The van der Waals surface area contributed by atoms with E-state index < -0.39 is 30.1 Å². The molecule has 8 heteroatoms. The minimum absolute atomic E-state index is 0.105. The predicted molar refractivity (Wildman–Crippen MR) is 122 cm³/mol. The molecule has 33 heavy (non-hydrogen) atoms. The van der Waals surface area contributed by atoms with Crippen molar-refractivity contribution >= 4 is 11.9 Å². The molecule has 1 aromatic rings. The molecule has 186 valence electrons. The molecule has 0 amide bonds. The largest absolute Gasteiger partial charge is 0.493 e. The van der Waals surface area contributed by atoms with Crippen LogP contribution in [0, 0.1) is 5.92 Å². The molecule has 0 heterocycles. The van der Waals surface area contributed by atoms with Crippen LogP contribution in [0.25, 0.3) is 0 Å². The van der Waals surface area contributed by atoms with Gasteiger partial charge in [-0.2, -0.15) is 0 Å². The number of rotatable bonds is 14. The van der Waals surface area contributed by atoms with E-state index in [1.54, 1.807) is 39.2 Å². The Morgan fingerprint density at radius 2 is 1.45 bits per heavy atom. The summed E-state index contributed by atoms with van der Waals surface area (Å²) in [5.41, 5.74) is 0.641. The number of carbonyl (C=O) groups excluding carboxylic acids is 2. The normalized spacial score (nSPS) is 15.0. The summed E-state index contributed by atoms with van der Waals surface area (Å²) in [7, 11) is 1.58. The molecule has 0 aliphatic heterocycles. The molecular weight excluding hydrogens is 428 g/mol. The Morgan fingerprint density at radius 3 is 1.94 bits per heavy atom. The second kappa shape index (κ2) is 14.1. The molecule has 0 radical (unpaired) electrons. The molecular formula is C25H38O8. The van der Waals surface area contributed by atoms with E-state index in [2.05, 4.69) is 0 Å². The first-order chi connectivity index (χ1) is 16.0. The highest BCUT2D eigenvalue weighted by Crippen LogP contribution is 2.39. The highest BCUT2D eigenvalue weighted by atomic mass is 16.7. The van der Waals surface area contributed by atoms with Gasteiger partial charge in [-0.05, 0) is 71.1 Å². The van der Waals surface area contributed by atoms with Crippen molar-refractivity contribution in [1.29, 1.82) is 0 Å². The summed E-state index contributed by atoms with van der Waals surface area (Å²) < 4.78 is 34.0. The van der Waals surface area contributed by atoms with Gasteiger partial charge in [0.25, 0.3) is 0 Å². The molecule has 1 saturated carbocycles. The Kier molecular flexibility index (Phi) is 11.5. The zero-order chi connectivity index (χ0) is 24.2. The van der Waals surface area contributed by atoms with Crippen LogP contribution in [0.2, 0.25) is 0 Å². The first-order valence-electron chi connectivity index (χ1n) is 11.9. The van der Waals surface area contributed by atoms with Gasteiger partial charge >= 0.3 is 11.9 Å². The van der Waals surface area contributed by atoms with Crippen LogP contribution in [0.4, 0.5) is 0 Å². The maximum absolute atomic E-state index is 13.0. The van der Waals surface area contributed by atoms with E-state index in [4.69, 9.17) is 28.4 Å².